The molecule has 1 aliphatic heterocycles. The van der Waals surface area contributed by atoms with E-state index in [1.807, 2.05) is 31.2 Å². The van der Waals surface area contributed by atoms with Crippen LogP contribution in [0.4, 0.5) is 0 Å². The molecule has 5 heteroatoms. The van der Waals surface area contributed by atoms with Crippen molar-refractivity contribution in [2.45, 2.75) is 19.4 Å². The third-order valence-corrected chi connectivity index (χ3v) is 4.57. The molecule has 0 unspecified atom stereocenters. The Labute approximate surface area is 147 Å². The lowest BCUT2D eigenvalue weighted by Crippen LogP contribution is -2.47. The molecule has 3 rings (SSSR count). The Hall–Kier alpha value is -2.37. The van der Waals surface area contributed by atoms with E-state index in [0.717, 1.165) is 11.3 Å². The number of hydrogen-bond acceptors (Lipinski definition) is 4. The summed E-state index contributed by atoms with van der Waals surface area (Å²) >= 11 is 0. The number of carbonyl (C=O) groups excluding carboxylic acids is 1. The molecule has 0 bridgehead atoms. The van der Waals surface area contributed by atoms with Gasteiger partial charge in [0.1, 0.15) is 11.5 Å². The number of benzene rings is 2. The van der Waals surface area contributed by atoms with Crippen LogP contribution in [-0.2, 0) is 0 Å². The Morgan fingerprint density at radius 2 is 1.96 bits per heavy atom. The molecule has 0 aliphatic carbocycles. The van der Waals surface area contributed by atoms with Crippen molar-refractivity contribution in [2.24, 2.45) is 5.92 Å². The highest BCUT2D eigenvalue weighted by Gasteiger charge is 2.30. The number of carbonyl (C=O) groups is 1. The highest BCUT2D eigenvalue weighted by molar-refractivity contribution is 5.94. The molecule has 132 valence electrons. The third-order valence-electron chi connectivity index (χ3n) is 4.57. The number of nitrogens with zero attached hydrogens (tertiary/aromatic N) is 1. The first-order chi connectivity index (χ1) is 12.1. The monoisotopic (exact) mass is 341 g/mol. The first-order valence-electron chi connectivity index (χ1n) is 8.49. The number of piperidine rings is 1. The van der Waals surface area contributed by atoms with Crippen LogP contribution in [0.2, 0.25) is 0 Å². The molecule has 2 aromatic rings. The molecule has 0 aromatic heterocycles. The number of β-amino-alcohol motifs (C(OH)–C–C–N with tert-alkyl or cyclic N) is 1. The van der Waals surface area contributed by atoms with E-state index in [1.165, 1.54) is 0 Å². The molecule has 2 N–H and O–H groups in total. The van der Waals surface area contributed by atoms with E-state index in [4.69, 9.17) is 4.74 Å². The zero-order chi connectivity index (χ0) is 17.8. The van der Waals surface area contributed by atoms with Crippen molar-refractivity contribution in [3.8, 4) is 11.5 Å². The number of aliphatic hydroxyl groups is 2. The van der Waals surface area contributed by atoms with Gasteiger partial charge in [-0.2, -0.15) is 0 Å². The van der Waals surface area contributed by atoms with Crippen LogP contribution in [-0.4, -0.2) is 46.8 Å². The minimum absolute atomic E-state index is 0.0474. The van der Waals surface area contributed by atoms with Crippen LogP contribution in [0.1, 0.15) is 22.3 Å². The molecule has 0 spiro atoms. The summed E-state index contributed by atoms with van der Waals surface area (Å²) < 4.78 is 5.79. The number of amides is 1. The van der Waals surface area contributed by atoms with Crippen molar-refractivity contribution in [1.82, 2.24) is 4.90 Å². The summed E-state index contributed by atoms with van der Waals surface area (Å²) in [6, 6.07) is 14.8. The number of likely N-dealkylation sites (tertiary alicyclic amines) is 1. The van der Waals surface area contributed by atoms with E-state index < -0.39 is 6.10 Å². The zero-order valence-corrected chi connectivity index (χ0v) is 14.3. The largest absolute Gasteiger partial charge is 0.457 e. The summed E-state index contributed by atoms with van der Waals surface area (Å²) in [5, 5.41) is 19.2. The van der Waals surface area contributed by atoms with Crippen LogP contribution < -0.4 is 4.74 Å². The number of rotatable bonds is 4. The third kappa shape index (κ3) is 4.18. The minimum atomic E-state index is -0.674. The molecule has 1 heterocycles. The van der Waals surface area contributed by atoms with Gasteiger partial charge >= 0.3 is 0 Å². The van der Waals surface area contributed by atoms with E-state index >= 15 is 0 Å². The van der Waals surface area contributed by atoms with Crippen LogP contribution in [0, 0.1) is 12.8 Å². The maximum absolute atomic E-state index is 12.6. The summed E-state index contributed by atoms with van der Waals surface area (Å²) in [5.74, 6) is 1.17. The number of ether oxygens (including phenoxy) is 1. The van der Waals surface area contributed by atoms with Gasteiger partial charge in [0, 0.05) is 31.2 Å². The molecule has 1 saturated heterocycles. The molecule has 2 aromatic carbocycles. The molecule has 1 fully saturated rings. The Balaban J connectivity index is 1.65. The molecule has 2 atom stereocenters. The number of aliphatic hydroxyl groups excluding tert-OH is 2. The Morgan fingerprint density at radius 3 is 2.60 bits per heavy atom. The summed E-state index contributed by atoms with van der Waals surface area (Å²) in [7, 11) is 0. The molecule has 5 nitrogen and oxygen atoms in total. The first-order valence-corrected chi connectivity index (χ1v) is 8.49. The Morgan fingerprint density at radius 1 is 1.20 bits per heavy atom. The highest BCUT2D eigenvalue weighted by atomic mass is 16.5. The van der Waals surface area contributed by atoms with Gasteiger partial charge in [-0.3, -0.25) is 4.79 Å². The van der Waals surface area contributed by atoms with Gasteiger partial charge in [0.05, 0.1) is 6.10 Å². The topological polar surface area (TPSA) is 70.0 Å². The maximum atomic E-state index is 12.6. The Bertz CT molecular complexity index is 729. The number of aryl methyl sites for hydroxylation is 1. The molecule has 25 heavy (non-hydrogen) atoms. The van der Waals surface area contributed by atoms with Crippen molar-refractivity contribution in [2.75, 3.05) is 19.7 Å². The van der Waals surface area contributed by atoms with Gasteiger partial charge in [-0.25, -0.2) is 0 Å². The van der Waals surface area contributed by atoms with E-state index in [-0.39, 0.29) is 25.0 Å². The van der Waals surface area contributed by atoms with E-state index in [2.05, 4.69) is 0 Å². The zero-order valence-electron chi connectivity index (χ0n) is 14.3. The van der Waals surface area contributed by atoms with Crippen molar-refractivity contribution < 1.29 is 19.7 Å². The van der Waals surface area contributed by atoms with E-state index in [0.29, 0.717) is 24.3 Å². The van der Waals surface area contributed by atoms with Crippen LogP contribution in [0.3, 0.4) is 0 Å². The average Bonchev–Trinajstić information content (AvgIpc) is 2.62. The average molecular weight is 341 g/mol. The highest BCUT2D eigenvalue weighted by Crippen LogP contribution is 2.24. The van der Waals surface area contributed by atoms with Gasteiger partial charge in [0.15, 0.2) is 0 Å². The van der Waals surface area contributed by atoms with Gasteiger partial charge in [0.2, 0.25) is 0 Å². The summed E-state index contributed by atoms with van der Waals surface area (Å²) in [6.07, 6.45) is -0.0653. The van der Waals surface area contributed by atoms with Crippen molar-refractivity contribution >= 4 is 5.91 Å². The molecule has 1 amide bonds. The SMILES string of the molecule is Cc1cccc(Oc2ccc(C(=O)N3CC[C@H](CO)[C@H](O)C3)cc2)c1. The second-order valence-electron chi connectivity index (χ2n) is 6.49. The van der Waals surface area contributed by atoms with E-state index in [1.54, 1.807) is 29.2 Å². The fourth-order valence-electron chi connectivity index (χ4n) is 3.04. The Kier molecular flexibility index (Phi) is 5.36. The first kappa shape index (κ1) is 17.5. The summed E-state index contributed by atoms with van der Waals surface area (Å²) in [5.41, 5.74) is 1.68. The lowest BCUT2D eigenvalue weighted by atomic mass is 9.94. The van der Waals surface area contributed by atoms with Gasteiger partial charge < -0.3 is 19.8 Å². The maximum Gasteiger partial charge on any atom is 0.253 e. The molecule has 0 radical (unpaired) electrons. The normalized spacial score (nSPS) is 20.4. The summed E-state index contributed by atoms with van der Waals surface area (Å²) in [4.78, 5) is 14.2. The second-order valence-corrected chi connectivity index (χ2v) is 6.49. The smallest absolute Gasteiger partial charge is 0.253 e. The van der Waals surface area contributed by atoms with Crippen LogP contribution in [0.25, 0.3) is 0 Å². The van der Waals surface area contributed by atoms with Gasteiger partial charge in [-0.1, -0.05) is 12.1 Å². The fraction of sp³-hybridized carbons (Fsp3) is 0.350. The van der Waals surface area contributed by atoms with Crippen LogP contribution >= 0.6 is 0 Å². The van der Waals surface area contributed by atoms with Crippen molar-refractivity contribution in [3.63, 3.8) is 0 Å². The lowest BCUT2D eigenvalue weighted by molar-refractivity contribution is 0.000875. The molecular weight excluding hydrogens is 318 g/mol. The van der Waals surface area contributed by atoms with E-state index in [9.17, 15) is 15.0 Å². The standard InChI is InChI=1S/C20H23NO4/c1-14-3-2-4-18(11-14)25-17-7-5-15(6-8-17)20(24)21-10-9-16(13-22)19(23)12-21/h2-8,11,16,19,22-23H,9-10,12-13H2,1H3/t16-,19-/m1/s1. The minimum Gasteiger partial charge on any atom is -0.457 e. The lowest BCUT2D eigenvalue weighted by Gasteiger charge is -2.35. The van der Waals surface area contributed by atoms with Crippen molar-refractivity contribution in [3.05, 3.63) is 59.7 Å². The van der Waals surface area contributed by atoms with Gasteiger partial charge in [0.25, 0.3) is 5.91 Å². The molecule has 1 aliphatic rings. The predicted octanol–water partition coefficient (Wildman–Crippen LogP) is 2.60. The quantitative estimate of drug-likeness (QED) is 0.897. The van der Waals surface area contributed by atoms with Crippen molar-refractivity contribution in [1.29, 1.82) is 0 Å². The van der Waals surface area contributed by atoms with Gasteiger partial charge in [-0.05, 0) is 55.3 Å². The predicted molar refractivity (Wildman–Crippen MR) is 94.8 cm³/mol. The van der Waals surface area contributed by atoms with Crippen LogP contribution in [0.5, 0.6) is 11.5 Å². The van der Waals surface area contributed by atoms with Crippen LogP contribution in [0.15, 0.2) is 48.5 Å². The second kappa shape index (κ2) is 7.68. The summed E-state index contributed by atoms with van der Waals surface area (Å²) in [6.45, 7) is 2.76. The molecule has 0 saturated carbocycles. The van der Waals surface area contributed by atoms with Gasteiger partial charge in [-0.15, -0.1) is 0 Å². The fourth-order valence-corrected chi connectivity index (χ4v) is 3.04. The number of hydrogen-bond donors (Lipinski definition) is 2. The molecular formula is C20H23NO4.